The van der Waals surface area contributed by atoms with E-state index in [0.717, 1.165) is 41.9 Å². The molecule has 2 aromatic heterocycles. The molecule has 0 radical (unpaired) electrons. The average Bonchev–Trinajstić information content (AvgIpc) is 2.91. The van der Waals surface area contributed by atoms with Crippen molar-refractivity contribution in [1.29, 1.82) is 0 Å². The summed E-state index contributed by atoms with van der Waals surface area (Å²) in [5, 5.41) is 7.70. The summed E-state index contributed by atoms with van der Waals surface area (Å²) in [7, 11) is 0. The van der Waals surface area contributed by atoms with E-state index in [4.69, 9.17) is 5.73 Å². The number of nitrogens with one attached hydrogen (secondary N) is 1. The molecule has 1 atom stereocenters. The topological polar surface area (TPSA) is 85.3 Å². The van der Waals surface area contributed by atoms with Crippen LogP contribution in [0.5, 0.6) is 0 Å². The maximum absolute atomic E-state index is 13.1. The molecule has 1 amide bonds. The molecule has 3 aromatic rings. The molecule has 6 nitrogen and oxygen atoms in total. The first kappa shape index (κ1) is 16.6. The molecule has 1 aliphatic rings. The number of aryl methyl sites for hydroxylation is 4. The van der Waals surface area contributed by atoms with Gasteiger partial charge in [-0.25, -0.2) is 9.50 Å². The molecule has 0 saturated heterocycles. The first-order chi connectivity index (χ1) is 12.4. The highest BCUT2D eigenvalue weighted by Crippen LogP contribution is 2.31. The molecule has 3 N–H and O–H groups in total. The molecule has 0 spiro atoms. The van der Waals surface area contributed by atoms with Crippen molar-refractivity contribution in [1.82, 2.24) is 19.9 Å². The average molecular weight is 349 g/mol. The number of carbonyl (C=O) groups is 1. The van der Waals surface area contributed by atoms with Gasteiger partial charge in [-0.3, -0.25) is 4.79 Å². The van der Waals surface area contributed by atoms with E-state index in [-0.39, 0.29) is 11.9 Å². The Morgan fingerprint density at radius 3 is 2.88 bits per heavy atom. The van der Waals surface area contributed by atoms with Crippen LogP contribution in [0.25, 0.3) is 5.65 Å². The molecule has 2 heterocycles. The van der Waals surface area contributed by atoms with Crippen LogP contribution >= 0.6 is 0 Å². The standard InChI is InChI=1S/C20H23N5O/c1-11-9-12(2)25-19(22-11)18(13(3)24-25)20(26)23-17-6-4-5-14-10-15(21)7-8-16(14)17/h7-10,17H,4-6,21H2,1-3H3,(H,23,26). The Morgan fingerprint density at radius 1 is 1.27 bits per heavy atom. The highest BCUT2D eigenvalue weighted by Gasteiger charge is 2.26. The molecule has 134 valence electrons. The number of rotatable bonds is 2. The summed E-state index contributed by atoms with van der Waals surface area (Å²) < 4.78 is 1.74. The maximum atomic E-state index is 13.1. The second-order valence-corrected chi connectivity index (χ2v) is 7.11. The zero-order chi connectivity index (χ0) is 18.4. The van der Waals surface area contributed by atoms with E-state index in [1.165, 1.54) is 5.56 Å². The van der Waals surface area contributed by atoms with Crippen LogP contribution in [0.15, 0.2) is 24.3 Å². The normalized spacial score (nSPS) is 16.5. The highest BCUT2D eigenvalue weighted by atomic mass is 16.1. The van der Waals surface area contributed by atoms with Gasteiger partial charge in [0.2, 0.25) is 0 Å². The van der Waals surface area contributed by atoms with Crippen molar-refractivity contribution in [3.8, 4) is 0 Å². The SMILES string of the molecule is Cc1cc(C)n2nc(C)c(C(=O)NC3CCCc4cc(N)ccc43)c2n1. The number of anilines is 1. The minimum atomic E-state index is -0.121. The predicted octanol–water partition coefficient (Wildman–Crippen LogP) is 3.04. The summed E-state index contributed by atoms with van der Waals surface area (Å²) in [4.78, 5) is 17.6. The van der Waals surface area contributed by atoms with Gasteiger partial charge >= 0.3 is 0 Å². The van der Waals surface area contributed by atoms with E-state index in [1.54, 1.807) is 4.52 Å². The van der Waals surface area contributed by atoms with E-state index >= 15 is 0 Å². The molecule has 0 aliphatic heterocycles. The number of fused-ring (bicyclic) bond motifs is 2. The van der Waals surface area contributed by atoms with Gasteiger partial charge in [-0.15, -0.1) is 0 Å². The smallest absolute Gasteiger partial charge is 0.257 e. The minimum absolute atomic E-state index is 0.00731. The fourth-order valence-corrected chi connectivity index (χ4v) is 3.91. The lowest BCUT2D eigenvalue weighted by atomic mass is 9.87. The molecular formula is C20H23N5O. The van der Waals surface area contributed by atoms with Crippen LogP contribution in [0.4, 0.5) is 5.69 Å². The molecule has 26 heavy (non-hydrogen) atoms. The van der Waals surface area contributed by atoms with Gasteiger partial charge in [0.1, 0.15) is 5.56 Å². The number of nitrogens with zero attached hydrogens (tertiary/aromatic N) is 3. The van der Waals surface area contributed by atoms with E-state index in [1.807, 2.05) is 45.0 Å². The van der Waals surface area contributed by atoms with Gasteiger partial charge < -0.3 is 11.1 Å². The van der Waals surface area contributed by atoms with E-state index in [9.17, 15) is 4.79 Å². The molecule has 1 aliphatic carbocycles. The number of aromatic nitrogens is 3. The summed E-state index contributed by atoms with van der Waals surface area (Å²) in [5.74, 6) is -0.121. The van der Waals surface area contributed by atoms with Crippen LogP contribution in [-0.4, -0.2) is 20.5 Å². The first-order valence-electron chi connectivity index (χ1n) is 8.97. The summed E-state index contributed by atoms with van der Waals surface area (Å²) in [6, 6.07) is 7.90. The Kier molecular flexibility index (Phi) is 3.90. The van der Waals surface area contributed by atoms with Crippen LogP contribution < -0.4 is 11.1 Å². The van der Waals surface area contributed by atoms with Crippen molar-refractivity contribution in [3.63, 3.8) is 0 Å². The Labute approximate surface area is 152 Å². The van der Waals surface area contributed by atoms with Crippen molar-refractivity contribution in [2.75, 3.05) is 5.73 Å². The maximum Gasteiger partial charge on any atom is 0.257 e. The number of benzene rings is 1. The Morgan fingerprint density at radius 2 is 2.08 bits per heavy atom. The van der Waals surface area contributed by atoms with Gasteiger partial charge in [0.25, 0.3) is 5.91 Å². The lowest BCUT2D eigenvalue weighted by Gasteiger charge is -2.26. The predicted molar refractivity (Wildman–Crippen MR) is 101 cm³/mol. The molecule has 6 heteroatoms. The third-order valence-electron chi connectivity index (χ3n) is 5.08. The summed E-state index contributed by atoms with van der Waals surface area (Å²) in [6.07, 6.45) is 2.96. The third kappa shape index (κ3) is 2.71. The molecule has 4 rings (SSSR count). The largest absolute Gasteiger partial charge is 0.399 e. The van der Waals surface area contributed by atoms with Crippen molar-refractivity contribution < 1.29 is 4.79 Å². The fraction of sp³-hybridized carbons (Fsp3) is 0.350. The molecule has 0 bridgehead atoms. The summed E-state index contributed by atoms with van der Waals surface area (Å²) in [5.41, 5.74) is 12.8. The zero-order valence-electron chi connectivity index (χ0n) is 15.3. The van der Waals surface area contributed by atoms with E-state index in [0.29, 0.717) is 16.9 Å². The Balaban J connectivity index is 1.70. The number of hydrogen-bond donors (Lipinski definition) is 2. The molecule has 1 aromatic carbocycles. The second kappa shape index (κ2) is 6.12. The van der Waals surface area contributed by atoms with E-state index < -0.39 is 0 Å². The van der Waals surface area contributed by atoms with Crippen LogP contribution in [-0.2, 0) is 6.42 Å². The quantitative estimate of drug-likeness (QED) is 0.696. The van der Waals surface area contributed by atoms with Crippen LogP contribution in [0.3, 0.4) is 0 Å². The second-order valence-electron chi connectivity index (χ2n) is 7.11. The van der Waals surface area contributed by atoms with Gasteiger partial charge in [0.05, 0.1) is 11.7 Å². The van der Waals surface area contributed by atoms with Crippen molar-refractivity contribution >= 4 is 17.2 Å². The van der Waals surface area contributed by atoms with Crippen molar-refractivity contribution in [3.05, 3.63) is 58.0 Å². The Hall–Kier alpha value is -2.89. The number of nitrogens with two attached hydrogens (primary N) is 1. The molecule has 1 unspecified atom stereocenters. The first-order valence-corrected chi connectivity index (χ1v) is 8.97. The minimum Gasteiger partial charge on any atom is -0.399 e. The molecule has 0 saturated carbocycles. The van der Waals surface area contributed by atoms with Gasteiger partial charge in [-0.2, -0.15) is 5.10 Å². The molecular weight excluding hydrogens is 326 g/mol. The zero-order valence-corrected chi connectivity index (χ0v) is 15.3. The Bertz CT molecular complexity index is 1020. The van der Waals surface area contributed by atoms with Crippen LogP contribution in [0.2, 0.25) is 0 Å². The summed E-state index contributed by atoms with van der Waals surface area (Å²) >= 11 is 0. The molecule has 0 fully saturated rings. The number of nitrogen functional groups attached to an aromatic ring is 1. The van der Waals surface area contributed by atoms with E-state index in [2.05, 4.69) is 15.4 Å². The van der Waals surface area contributed by atoms with Gasteiger partial charge in [-0.1, -0.05) is 6.07 Å². The van der Waals surface area contributed by atoms with Gasteiger partial charge in [0.15, 0.2) is 5.65 Å². The monoisotopic (exact) mass is 349 g/mol. The number of carbonyl (C=O) groups excluding carboxylic acids is 1. The third-order valence-corrected chi connectivity index (χ3v) is 5.08. The lowest BCUT2D eigenvalue weighted by molar-refractivity contribution is 0.0933. The van der Waals surface area contributed by atoms with Crippen LogP contribution in [0.1, 0.15) is 57.5 Å². The van der Waals surface area contributed by atoms with Crippen molar-refractivity contribution in [2.24, 2.45) is 0 Å². The van der Waals surface area contributed by atoms with Crippen molar-refractivity contribution in [2.45, 2.75) is 46.1 Å². The van der Waals surface area contributed by atoms with Gasteiger partial charge in [0, 0.05) is 17.1 Å². The van der Waals surface area contributed by atoms with Crippen LogP contribution in [0, 0.1) is 20.8 Å². The number of amides is 1. The fourth-order valence-electron chi connectivity index (χ4n) is 3.91. The van der Waals surface area contributed by atoms with Gasteiger partial charge in [-0.05, 0) is 69.4 Å². The summed E-state index contributed by atoms with van der Waals surface area (Å²) in [6.45, 7) is 5.75. The lowest BCUT2D eigenvalue weighted by Crippen LogP contribution is -2.31. The highest BCUT2D eigenvalue weighted by molar-refractivity contribution is 6.01. The number of hydrogen-bond acceptors (Lipinski definition) is 4.